The van der Waals surface area contributed by atoms with Crippen molar-refractivity contribution in [3.8, 4) is 11.5 Å². The van der Waals surface area contributed by atoms with Crippen molar-refractivity contribution >= 4 is 5.97 Å². The molecule has 0 unspecified atom stereocenters. The average Bonchev–Trinajstić information content (AvgIpc) is 2.62. The van der Waals surface area contributed by atoms with Crippen molar-refractivity contribution in [2.45, 2.75) is 91.9 Å². The largest absolute Gasteiger partial charge is 0.507 e. The van der Waals surface area contributed by atoms with Crippen molar-refractivity contribution in [3.63, 3.8) is 0 Å². The molecule has 0 aliphatic carbocycles. The summed E-state index contributed by atoms with van der Waals surface area (Å²) in [6.45, 7) is 24.8. The Morgan fingerprint density at radius 1 is 0.875 bits per heavy atom. The van der Waals surface area contributed by atoms with E-state index in [0.29, 0.717) is 17.9 Å². The lowest BCUT2D eigenvalue weighted by Gasteiger charge is -2.28. The topological polar surface area (TPSA) is 46.5 Å². The summed E-state index contributed by atoms with van der Waals surface area (Å²) in [4.78, 5) is 12.2. The first-order valence-electron chi connectivity index (χ1n) is 11.3. The van der Waals surface area contributed by atoms with Gasteiger partial charge in [0.1, 0.15) is 11.5 Å². The van der Waals surface area contributed by atoms with Gasteiger partial charge in [-0.2, -0.15) is 0 Å². The second-order valence-corrected chi connectivity index (χ2v) is 11.9. The van der Waals surface area contributed by atoms with E-state index in [1.807, 2.05) is 13.0 Å². The molecule has 32 heavy (non-hydrogen) atoms. The fourth-order valence-corrected chi connectivity index (χ4v) is 3.84. The van der Waals surface area contributed by atoms with Crippen LogP contribution in [0.25, 0.3) is 0 Å². The third-order valence-corrected chi connectivity index (χ3v) is 5.73. The number of aryl methyl sites for hydroxylation is 1. The number of hydrogen-bond donors (Lipinski definition) is 1. The predicted octanol–water partition coefficient (Wildman–Crippen LogP) is 7.28. The summed E-state index contributed by atoms with van der Waals surface area (Å²) < 4.78 is 5.78. The number of esters is 1. The first-order chi connectivity index (χ1) is 14.4. The van der Waals surface area contributed by atoms with Gasteiger partial charge in [-0.1, -0.05) is 98.7 Å². The maximum atomic E-state index is 12.2. The molecule has 0 atom stereocenters. The first kappa shape index (κ1) is 25.7. The molecule has 0 fully saturated rings. The molecule has 0 radical (unpaired) electrons. The maximum Gasteiger partial charge on any atom is 0.335 e. The molecule has 3 heteroatoms. The van der Waals surface area contributed by atoms with Gasteiger partial charge < -0.3 is 9.84 Å². The van der Waals surface area contributed by atoms with E-state index in [1.165, 1.54) is 11.6 Å². The molecule has 174 valence electrons. The summed E-state index contributed by atoms with van der Waals surface area (Å²) in [5, 5.41) is 11.3. The highest BCUT2D eigenvalue weighted by atomic mass is 16.5. The van der Waals surface area contributed by atoms with Crippen LogP contribution in [0.1, 0.15) is 95.7 Å². The van der Waals surface area contributed by atoms with Gasteiger partial charge in [0.25, 0.3) is 0 Å². The third-order valence-electron chi connectivity index (χ3n) is 5.73. The number of benzene rings is 2. The second-order valence-electron chi connectivity index (χ2n) is 11.9. The average molecular weight is 437 g/mol. The number of ether oxygens (including phenoxy) is 1. The SMILES string of the molecule is C=CC(=O)Oc1c(Cc2cc(C(C)(C)C)cc(C(C)(C)C)c2O)cc(C)cc1C(C)(C)C. The highest BCUT2D eigenvalue weighted by molar-refractivity contribution is 5.84. The van der Waals surface area contributed by atoms with E-state index in [4.69, 9.17) is 4.74 Å². The molecule has 0 saturated carbocycles. The van der Waals surface area contributed by atoms with Crippen molar-refractivity contribution in [1.82, 2.24) is 0 Å². The number of hydrogen-bond acceptors (Lipinski definition) is 3. The van der Waals surface area contributed by atoms with Crippen LogP contribution in [0.15, 0.2) is 36.9 Å². The Morgan fingerprint density at radius 3 is 1.91 bits per heavy atom. The minimum absolute atomic E-state index is 0.0657. The van der Waals surface area contributed by atoms with E-state index in [2.05, 4.69) is 87.1 Å². The monoisotopic (exact) mass is 436 g/mol. The molecule has 0 heterocycles. The Bertz CT molecular complexity index is 1020. The molecule has 3 nitrogen and oxygen atoms in total. The summed E-state index contributed by atoms with van der Waals surface area (Å²) in [6, 6.07) is 8.32. The zero-order valence-electron chi connectivity index (χ0n) is 21.6. The van der Waals surface area contributed by atoms with Crippen molar-refractivity contribution < 1.29 is 14.6 Å². The Labute approximate surface area is 194 Å². The molecule has 2 rings (SSSR count). The Morgan fingerprint density at radius 2 is 1.44 bits per heavy atom. The van der Waals surface area contributed by atoms with Gasteiger partial charge in [0.2, 0.25) is 0 Å². The molecule has 0 amide bonds. The second kappa shape index (κ2) is 8.77. The van der Waals surface area contributed by atoms with E-state index < -0.39 is 5.97 Å². The zero-order valence-corrected chi connectivity index (χ0v) is 21.6. The molecule has 2 aromatic rings. The van der Waals surface area contributed by atoms with Crippen LogP contribution in [0.4, 0.5) is 0 Å². The van der Waals surface area contributed by atoms with Gasteiger partial charge in [-0.3, -0.25) is 0 Å². The van der Waals surface area contributed by atoms with Gasteiger partial charge in [-0.15, -0.1) is 0 Å². The van der Waals surface area contributed by atoms with Gasteiger partial charge >= 0.3 is 5.97 Å². The number of aromatic hydroxyl groups is 1. The van der Waals surface area contributed by atoms with Gasteiger partial charge in [-0.25, -0.2) is 4.79 Å². The number of phenols is 1. The normalized spacial score (nSPS) is 12.6. The minimum Gasteiger partial charge on any atom is -0.507 e. The van der Waals surface area contributed by atoms with Crippen LogP contribution < -0.4 is 4.74 Å². The first-order valence-corrected chi connectivity index (χ1v) is 11.3. The fourth-order valence-electron chi connectivity index (χ4n) is 3.84. The summed E-state index contributed by atoms with van der Waals surface area (Å²) in [6.07, 6.45) is 1.65. The molecule has 0 aliphatic heterocycles. The van der Waals surface area contributed by atoms with E-state index in [1.54, 1.807) is 0 Å². The van der Waals surface area contributed by atoms with Gasteiger partial charge in [-0.05, 0) is 45.4 Å². The van der Waals surface area contributed by atoms with Crippen molar-refractivity contribution in [2.24, 2.45) is 0 Å². The lowest BCUT2D eigenvalue weighted by Crippen LogP contribution is -2.19. The Hall–Kier alpha value is -2.55. The van der Waals surface area contributed by atoms with E-state index in [9.17, 15) is 9.90 Å². The maximum absolute atomic E-state index is 12.2. The van der Waals surface area contributed by atoms with Gasteiger partial charge in [0.05, 0.1) is 0 Å². The highest BCUT2D eigenvalue weighted by Gasteiger charge is 2.27. The van der Waals surface area contributed by atoms with Gasteiger partial charge in [0, 0.05) is 18.1 Å². The van der Waals surface area contributed by atoms with Crippen molar-refractivity contribution in [3.05, 3.63) is 70.3 Å². The van der Waals surface area contributed by atoms with Crippen LogP contribution in [0.2, 0.25) is 0 Å². The molecule has 0 saturated heterocycles. The number of carbonyl (C=O) groups excluding carboxylic acids is 1. The molecule has 2 aromatic carbocycles. The zero-order chi connectivity index (χ0) is 24.6. The fraction of sp³-hybridized carbons (Fsp3) is 0.483. The van der Waals surface area contributed by atoms with Crippen LogP contribution in [-0.4, -0.2) is 11.1 Å². The van der Waals surface area contributed by atoms with Crippen LogP contribution in [0.3, 0.4) is 0 Å². The van der Waals surface area contributed by atoms with Crippen molar-refractivity contribution in [2.75, 3.05) is 0 Å². The molecular weight excluding hydrogens is 396 g/mol. The Kier molecular flexibility index (Phi) is 7.04. The van der Waals surface area contributed by atoms with Crippen LogP contribution >= 0.6 is 0 Å². The summed E-state index contributed by atoms with van der Waals surface area (Å²) in [5.74, 6) is 0.389. The molecule has 0 aromatic heterocycles. The Balaban J connectivity index is 2.79. The third kappa shape index (κ3) is 5.82. The minimum atomic E-state index is -0.483. The lowest BCUT2D eigenvalue weighted by atomic mass is 9.78. The summed E-state index contributed by atoms with van der Waals surface area (Å²) >= 11 is 0. The van der Waals surface area contributed by atoms with Gasteiger partial charge in [0.15, 0.2) is 0 Å². The lowest BCUT2D eigenvalue weighted by molar-refractivity contribution is -0.129. The molecular formula is C29H40O3. The molecule has 1 N–H and O–H groups in total. The van der Waals surface area contributed by atoms with Crippen LogP contribution in [0, 0.1) is 6.92 Å². The summed E-state index contributed by atoms with van der Waals surface area (Å²) in [7, 11) is 0. The summed E-state index contributed by atoms with van der Waals surface area (Å²) in [5.41, 5.74) is 5.37. The molecule has 0 bridgehead atoms. The number of phenolic OH excluding ortho intramolecular Hbond substituents is 1. The number of rotatable bonds is 4. The predicted molar refractivity (Wildman–Crippen MR) is 134 cm³/mol. The molecule has 0 aliphatic rings. The van der Waals surface area contributed by atoms with E-state index in [0.717, 1.165) is 27.8 Å². The van der Waals surface area contributed by atoms with Crippen LogP contribution in [0.5, 0.6) is 11.5 Å². The van der Waals surface area contributed by atoms with E-state index >= 15 is 0 Å². The number of carbonyl (C=O) groups is 1. The standard InChI is InChI=1S/C29H40O3/c1-12-24(30)32-26-20(13-18(2)14-23(26)29(9,10)11)15-19-16-21(27(3,4)5)17-22(25(19)31)28(6,7)8/h12-14,16-17,31H,1,15H2,2-11H3. The molecule has 0 spiro atoms. The van der Waals surface area contributed by atoms with E-state index in [-0.39, 0.29) is 16.2 Å². The van der Waals surface area contributed by atoms with Crippen LogP contribution in [-0.2, 0) is 27.5 Å². The smallest absolute Gasteiger partial charge is 0.335 e. The quantitative estimate of drug-likeness (QED) is 0.311. The van der Waals surface area contributed by atoms with Crippen molar-refractivity contribution in [1.29, 1.82) is 0 Å². The highest BCUT2D eigenvalue weighted by Crippen LogP contribution is 2.41.